The second kappa shape index (κ2) is 10.3. The van der Waals surface area contributed by atoms with Crippen LogP contribution in [-0.4, -0.2) is 48.6 Å². The molecule has 0 amide bonds. The van der Waals surface area contributed by atoms with Gasteiger partial charge in [0.15, 0.2) is 26.3 Å². The van der Waals surface area contributed by atoms with Gasteiger partial charge in [-0.05, 0) is 50.2 Å². The first kappa shape index (κ1) is 26.0. The van der Waals surface area contributed by atoms with Gasteiger partial charge >= 0.3 is 0 Å². The molecule has 0 radical (unpaired) electrons. The predicted octanol–water partition coefficient (Wildman–Crippen LogP) is 3.46. The Bertz CT molecular complexity index is 1660. The van der Waals surface area contributed by atoms with Crippen molar-refractivity contribution in [3.8, 4) is 11.4 Å². The van der Waals surface area contributed by atoms with Crippen molar-refractivity contribution in [1.82, 2.24) is 34.5 Å². The number of aromatic nitrogens is 7. The highest BCUT2D eigenvalue weighted by Crippen LogP contribution is 2.43. The molecule has 0 atom stereocenters. The van der Waals surface area contributed by atoms with E-state index in [0.717, 1.165) is 35.4 Å². The number of nitrogens with zero attached hydrogens (tertiary/aromatic N) is 7. The summed E-state index contributed by atoms with van der Waals surface area (Å²) in [6, 6.07) is 3.25. The van der Waals surface area contributed by atoms with Crippen molar-refractivity contribution in [1.29, 1.82) is 0 Å². The largest absolute Gasteiger partial charge is 0.289 e. The summed E-state index contributed by atoms with van der Waals surface area (Å²) in [7, 11) is -3.36. The number of hydrogen-bond donors (Lipinski definition) is 0. The quantitative estimate of drug-likeness (QED) is 0.317. The summed E-state index contributed by atoms with van der Waals surface area (Å²) < 4.78 is 25.8. The van der Waals surface area contributed by atoms with Crippen LogP contribution in [0.3, 0.4) is 0 Å². The van der Waals surface area contributed by atoms with E-state index in [1.165, 1.54) is 6.07 Å². The van der Waals surface area contributed by atoms with Crippen molar-refractivity contribution in [2.45, 2.75) is 70.9 Å². The third-order valence-electron chi connectivity index (χ3n) is 6.70. The third kappa shape index (κ3) is 5.20. The fourth-order valence-electron chi connectivity index (χ4n) is 4.50. The van der Waals surface area contributed by atoms with Crippen LogP contribution >= 0.6 is 0 Å². The maximum atomic E-state index is 13.6. The number of rotatable bonds is 9. The molecule has 4 aromatic heterocycles. The molecule has 11 heteroatoms. The molecule has 10 nitrogen and oxygen atoms in total. The first-order valence-corrected chi connectivity index (χ1v) is 14.6. The van der Waals surface area contributed by atoms with Crippen LogP contribution in [0.25, 0.3) is 22.6 Å². The molecule has 0 bridgehead atoms. The Morgan fingerprint density at radius 2 is 1.82 bits per heavy atom. The molecule has 0 spiro atoms. The summed E-state index contributed by atoms with van der Waals surface area (Å²) in [5.41, 5.74) is 4.73. The van der Waals surface area contributed by atoms with Crippen LogP contribution in [0.1, 0.15) is 62.2 Å². The van der Waals surface area contributed by atoms with Crippen molar-refractivity contribution in [2.75, 3.05) is 5.75 Å². The van der Waals surface area contributed by atoms with Crippen molar-refractivity contribution < 1.29 is 8.42 Å². The molecule has 1 saturated carbocycles. The molecular formula is C27H31N7O3S. The van der Waals surface area contributed by atoms with Gasteiger partial charge in [-0.1, -0.05) is 26.8 Å². The molecule has 1 fully saturated rings. The van der Waals surface area contributed by atoms with E-state index in [9.17, 15) is 13.2 Å². The molecule has 0 saturated heterocycles. The molecule has 0 N–H and O–H groups in total. The molecule has 1 aliphatic carbocycles. The van der Waals surface area contributed by atoms with Crippen LogP contribution in [-0.2, 0) is 29.2 Å². The van der Waals surface area contributed by atoms with E-state index < -0.39 is 9.84 Å². The molecule has 198 valence electrons. The van der Waals surface area contributed by atoms with Crippen molar-refractivity contribution in [3.05, 3.63) is 63.9 Å². The number of pyridine rings is 1. The fraction of sp³-hybridized carbons (Fsp3) is 0.444. The smallest absolute Gasteiger partial charge is 0.273 e. The normalized spacial score (nSPS) is 13.9. The standard InChI is InChI=1S/C27H31N7O3S/c1-5-38(36,37)22-11-7-18(12-28-22)6-10-20-27(35)34(14-16(2)3)26-21(32-20)13-29-25(33-26)23-17(4)30-15-31-24(23)19-8-9-19/h7,11-13,15-16,19H,5-6,8-10,14H2,1-4H3. The summed E-state index contributed by atoms with van der Waals surface area (Å²) in [4.78, 5) is 40.7. The van der Waals surface area contributed by atoms with Gasteiger partial charge in [-0.25, -0.2) is 38.3 Å². The van der Waals surface area contributed by atoms with Gasteiger partial charge < -0.3 is 0 Å². The minimum atomic E-state index is -3.36. The van der Waals surface area contributed by atoms with Crippen LogP contribution in [0.4, 0.5) is 0 Å². The van der Waals surface area contributed by atoms with Gasteiger partial charge in [-0.2, -0.15) is 0 Å². The molecule has 1 aliphatic rings. The maximum Gasteiger partial charge on any atom is 0.273 e. The van der Waals surface area contributed by atoms with Crippen LogP contribution in [0.5, 0.6) is 0 Å². The Hall–Kier alpha value is -3.60. The first-order valence-electron chi connectivity index (χ1n) is 12.9. The number of fused-ring (bicyclic) bond motifs is 1. The van der Waals surface area contributed by atoms with Gasteiger partial charge in [0.25, 0.3) is 5.56 Å². The molecule has 5 rings (SSSR count). The van der Waals surface area contributed by atoms with Crippen molar-refractivity contribution in [2.24, 2.45) is 5.92 Å². The second-order valence-corrected chi connectivity index (χ2v) is 12.4. The van der Waals surface area contributed by atoms with Crippen LogP contribution < -0.4 is 5.56 Å². The number of hydrogen-bond acceptors (Lipinski definition) is 9. The molecule has 38 heavy (non-hydrogen) atoms. The van der Waals surface area contributed by atoms with Gasteiger partial charge in [-0.3, -0.25) is 9.36 Å². The Labute approximate surface area is 221 Å². The lowest BCUT2D eigenvalue weighted by Gasteiger charge is -2.15. The zero-order valence-corrected chi connectivity index (χ0v) is 22.9. The minimum Gasteiger partial charge on any atom is -0.289 e. The molecule has 0 aromatic carbocycles. The topological polar surface area (TPSA) is 133 Å². The van der Waals surface area contributed by atoms with Gasteiger partial charge in [0, 0.05) is 18.7 Å². The summed E-state index contributed by atoms with van der Waals surface area (Å²) in [6.45, 7) is 8.12. The maximum absolute atomic E-state index is 13.6. The van der Waals surface area contributed by atoms with Crippen molar-refractivity contribution in [3.63, 3.8) is 0 Å². The second-order valence-electron chi connectivity index (χ2n) is 10.2. The van der Waals surface area contributed by atoms with E-state index in [2.05, 4.69) is 38.8 Å². The predicted molar refractivity (Wildman–Crippen MR) is 144 cm³/mol. The van der Waals surface area contributed by atoms with Crippen LogP contribution in [0.2, 0.25) is 0 Å². The minimum absolute atomic E-state index is 0.00169. The van der Waals surface area contributed by atoms with E-state index in [1.807, 2.05) is 6.92 Å². The number of sulfone groups is 1. The van der Waals surface area contributed by atoms with Gasteiger partial charge in [0.2, 0.25) is 0 Å². The summed E-state index contributed by atoms with van der Waals surface area (Å²) in [5.74, 6) is 1.12. The molecule has 4 heterocycles. The van der Waals surface area contributed by atoms with Gasteiger partial charge in [-0.15, -0.1) is 0 Å². The lowest BCUT2D eigenvalue weighted by Crippen LogP contribution is -2.28. The average Bonchev–Trinajstić information content (AvgIpc) is 3.75. The molecule has 4 aromatic rings. The van der Waals surface area contributed by atoms with E-state index in [1.54, 1.807) is 36.3 Å². The monoisotopic (exact) mass is 533 g/mol. The lowest BCUT2D eigenvalue weighted by atomic mass is 10.1. The Kier molecular flexibility index (Phi) is 7.04. The van der Waals surface area contributed by atoms with E-state index in [4.69, 9.17) is 4.98 Å². The Morgan fingerprint density at radius 1 is 1.03 bits per heavy atom. The zero-order chi connectivity index (χ0) is 27.0. The van der Waals surface area contributed by atoms with Gasteiger partial charge in [0.1, 0.15) is 17.5 Å². The van der Waals surface area contributed by atoms with Crippen molar-refractivity contribution >= 4 is 21.0 Å². The highest BCUT2D eigenvalue weighted by Gasteiger charge is 2.30. The molecule has 0 aliphatic heterocycles. The number of aryl methyl sites for hydroxylation is 3. The Morgan fingerprint density at radius 3 is 2.47 bits per heavy atom. The van der Waals surface area contributed by atoms with Crippen LogP contribution in [0.15, 0.2) is 40.7 Å². The Balaban J connectivity index is 1.51. The van der Waals surface area contributed by atoms with Gasteiger partial charge in [0.05, 0.1) is 28.9 Å². The van der Waals surface area contributed by atoms with E-state index in [-0.39, 0.29) is 22.3 Å². The first-order chi connectivity index (χ1) is 18.2. The molecular weight excluding hydrogens is 502 g/mol. The average molecular weight is 534 g/mol. The summed E-state index contributed by atoms with van der Waals surface area (Å²) in [6.07, 6.45) is 7.87. The van der Waals surface area contributed by atoms with E-state index in [0.29, 0.717) is 48.0 Å². The van der Waals surface area contributed by atoms with Crippen LogP contribution in [0, 0.1) is 12.8 Å². The highest BCUT2D eigenvalue weighted by molar-refractivity contribution is 7.91. The van der Waals surface area contributed by atoms with E-state index >= 15 is 0 Å². The summed E-state index contributed by atoms with van der Waals surface area (Å²) in [5, 5.41) is 0.0590. The SMILES string of the molecule is CCS(=O)(=O)c1ccc(CCc2nc3cnc(-c4c(C)ncnc4C4CC4)nc3n(CC(C)C)c2=O)cn1. The zero-order valence-electron chi connectivity index (χ0n) is 22.0. The fourth-order valence-corrected chi connectivity index (χ4v) is 5.28. The highest BCUT2D eigenvalue weighted by atomic mass is 32.2. The third-order valence-corrected chi connectivity index (χ3v) is 8.34. The summed E-state index contributed by atoms with van der Waals surface area (Å²) >= 11 is 0. The lowest BCUT2D eigenvalue weighted by molar-refractivity contribution is 0.516. The molecule has 0 unspecified atom stereocenters.